The van der Waals surface area contributed by atoms with E-state index in [0.717, 1.165) is 12.1 Å². The quantitative estimate of drug-likeness (QED) is 0.576. The van der Waals surface area contributed by atoms with Gasteiger partial charge in [-0.15, -0.1) is 0 Å². The van der Waals surface area contributed by atoms with Crippen molar-refractivity contribution in [3.63, 3.8) is 0 Å². The maximum absolute atomic E-state index is 12.6. The van der Waals surface area contributed by atoms with Crippen LogP contribution in [0.25, 0.3) is 0 Å². The molecular weight excluding hydrogens is 283 g/mol. The van der Waals surface area contributed by atoms with Crippen LogP contribution < -0.4 is 5.32 Å². The molecule has 1 rings (SSSR count). The number of hydrogen-bond acceptors (Lipinski definition) is 3. The summed E-state index contributed by atoms with van der Waals surface area (Å²) in [6.45, 7) is 4.99. The van der Waals surface area contributed by atoms with Gasteiger partial charge in [-0.3, -0.25) is 0 Å². The first-order chi connectivity index (χ1) is 9.75. The van der Waals surface area contributed by atoms with Crippen molar-refractivity contribution >= 4 is 5.69 Å². The molecule has 0 radical (unpaired) electrons. The molecule has 0 saturated heterocycles. The second-order valence-corrected chi connectivity index (χ2v) is 4.25. The molecule has 3 nitrogen and oxygen atoms in total. The van der Waals surface area contributed by atoms with Crippen LogP contribution in [-0.2, 0) is 6.18 Å². The smallest absolute Gasteiger partial charge is 0.364 e. The highest BCUT2D eigenvalue weighted by Crippen LogP contribution is 2.31. The number of alkyl halides is 3. The zero-order valence-corrected chi connectivity index (χ0v) is 11.4. The molecule has 0 amide bonds. The summed E-state index contributed by atoms with van der Waals surface area (Å²) in [6.07, 6.45) is -1.84. The maximum Gasteiger partial charge on any atom is 0.416 e. The molecule has 0 aliphatic carbocycles. The highest BCUT2D eigenvalue weighted by Gasteiger charge is 2.30. The van der Waals surface area contributed by atoms with Crippen LogP contribution in [0, 0.1) is 0 Å². The molecular formula is C15H16F3NO2. The number of benzene rings is 1. The molecule has 0 aromatic heterocycles. The fourth-order valence-corrected chi connectivity index (χ4v) is 1.64. The lowest BCUT2D eigenvalue weighted by molar-refractivity contribution is -0.137. The van der Waals surface area contributed by atoms with E-state index in [2.05, 4.69) is 11.9 Å². The van der Waals surface area contributed by atoms with Gasteiger partial charge in [-0.2, -0.15) is 13.2 Å². The summed E-state index contributed by atoms with van der Waals surface area (Å²) in [4.78, 5) is 0. The van der Waals surface area contributed by atoms with E-state index in [1.807, 2.05) is 0 Å². The zero-order valence-electron chi connectivity index (χ0n) is 11.4. The topological polar surface area (TPSA) is 52.5 Å². The van der Waals surface area contributed by atoms with E-state index in [9.17, 15) is 23.4 Å². The Morgan fingerprint density at radius 2 is 2.00 bits per heavy atom. The average Bonchev–Trinajstić information content (AvgIpc) is 2.38. The molecule has 0 fully saturated rings. The van der Waals surface area contributed by atoms with Crippen LogP contribution in [0.5, 0.6) is 0 Å². The summed E-state index contributed by atoms with van der Waals surface area (Å²) < 4.78 is 37.8. The lowest BCUT2D eigenvalue weighted by Gasteiger charge is -2.14. The molecule has 1 aromatic rings. The Morgan fingerprint density at radius 1 is 1.33 bits per heavy atom. The van der Waals surface area contributed by atoms with Crippen molar-refractivity contribution < 1.29 is 23.4 Å². The van der Waals surface area contributed by atoms with Gasteiger partial charge < -0.3 is 15.5 Å². The summed E-state index contributed by atoms with van der Waals surface area (Å²) in [5, 5.41) is 21.2. The van der Waals surface area contributed by atoms with Crippen LogP contribution in [0.1, 0.15) is 12.5 Å². The Morgan fingerprint density at radius 3 is 2.52 bits per heavy atom. The average molecular weight is 299 g/mol. The molecule has 0 spiro atoms. The van der Waals surface area contributed by atoms with Gasteiger partial charge in [0.15, 0.2) is 6.29 Å². The first-order valence-corrected chi connectivity index (χ1v) is 6.06. The maximum atomic E-state index is 12.6. The Kier molecular flexibility index (Phi) is 5.75. The molecule has 1 aromatic carbocycles. The molecule has 0 heterocycles. The summed E-state index contributed by atoms with van der Waals surface area (Å²) in [5.41, 5.74) is -0.129. The summed E-state index contributed by atoms with van der Waals surface area (Å²) in [6, 6.07) is 4.64. The monoisotopic (exact) mass is 299 g/mol. The Balaban J connectivity index is 3.08. The van der Waals surface area contributed by atoms with Gasteiger partial charge in [-0.25, -0.2) is 0 Å². The number of rotatable bonds is 5. The van der Waals surface area contributed by atoms with Crippen LogP contribution in [0.2, 0.25) is 0 Å². The van der Waals surface area contributed by atoms with Crippen molar-refractivity contribution in [1.82, 2.24) is 0 Å². The van der Waals surface area contributed by atoms with Crippen molar-refractivity contribution in [2.24, 2.45) is 0 Å². The van der Waals surface area contributed by atoms with Crippen molar-refractivity contribution in [2.45, 2.75) is 19.4 Å². The van der Waals surface area contributed by atoms with Gasteiger partial charge in [-0.05, 0) is 25.1 Å². The summed E-state index contributed by atoms with van der Waals surface area (Å²) >= 11 is 0. The number of hydrogen-bond donors (Lipinski definition) is 3. The lowest BCUT2D eigenvalue weighted by atomic mass is 10.1. The third-order valence-corrected chi connectivity index (χ3v) is 2.64. The van der Waals surface area contributed by atoms with Crippen LogP contribution in [0.15, 0.2) is 60.3 Å². The van der Waals surface area contributed by atoms with Crippen LogP contribution in [0.4, 0.5) is 18.9 Å². The van der Waals surface area contributed by atoms with Crippen LogP contribution in [-0.4, -0.2) is 16.5 Å². The minimum atomic E-state index is -4.43. The predicted octanol–water partition coefficient (Wildman–Crippen LogP) is 3.44. The second-order valence-electron chi connectivity index (χ2n) is 4.25. The number of halogens is 3. The molecule has 0 saturated carbocycles. The first-order valence-electron chi connectivity index (χ1n) is 6.06. The van der Waals surface area contributed by atoms with Gasteiger partial charge in [0.05, 0.1) is 5.56 Å². The van der Waals surface area contributed by atoms with Crippen LogP contribution in [0.3, 0.4) is 0 Å². The molecule has 0 aliphatic rings. The normalized spacial score (nSPS) is 13.5. The van der Waals surface area contributed by atoms with Gasteiger partial charge in [0, 0.05) is 17.0 Å². The van der Waals surface area contributed by atoms with E-state index in [4.69, 9.17) is 0 Å². The molecule has 0 bridgehead atoms. The van der Waals surface area contributed by atoms with Crippen molar-refractivity contribution in [3.05, 3.63) is 65.9 Å². The van der Waals surface area contributed by atoms with E-state index in [-0.39, 0.29) is 11.3 Å². The number of aliphatic hydroxyl groups excluding tert-OH is 1. The SMILES string of the molecule is C=C/C=C\C(=C(/C)Nc1cccc(C(F)(F)F)c1)C(O)O. The van der Waals surface area contributed by atoms with Gasteiger partial charge in [0.1, 0.15) is 0 Å². The minimum absolute atomic E-state index is 0.132. The third kappa shape index (κ3) is 5.09. The number of nitrogens with one attached hydrogen (secondary N) is 1. The van der Waals surface area contributed by atoms with E-state index in [1.54, 1.807) is 0 Å². The second kappa shape index (κ2) is 7.10. The Bertz CT molecular complexity index is 560. The highest BCUT2D eigenvalue weighted by molar-refractivity contribution is 5.52. The fraction of sp³-hybridized carbons (Fsp3) is 0.200. The first kappa shape index (κ1) is 17.0. The molecule has 0 atom stereocenters. The molecule has 0 aliphatic heterocycles. The molecule has 3 N–H and O–H groups in total. The van der Waals surface area contributed by atoms with E-state index in [0.29, 0.717) is 5.70 Å². The fourth-order valence-electron chi connectivity index (χ4n) is 1.64. The van der Waals surface area contributed by atoms with Crippen molar-refractivity contribution in [2.75, 3.05) is 5.32 Å². The van der Waals surface area contributed by atoms with E-state index >= 15 is 0 Å². The molecule has 114 valence electrons. The lowest BCUT2D eigenvalue weighted by Crippen LogP contribution is -2.13. The number of aliphatic hydroxyl groups is 2. The van der Waals surface area contributed by atoms with E-state index in [1.165, 1.54) is 37.3 Å². The molecule has 0 unspecified atom stereocenters. The standard InChI is InChI=1S/C15H16F3NO2/c1-3-4-8-13(14(20)21)10(2)19-12-7-5-6-11(9-12)15(16,17)18/h3-9,14,19-21H,1H2,2H3/b8-4-,13-10-. The van der Waals surface area contributed by atoms with Gasteiger partial charge >= 0.3 is 6.18 Å². The number of allylic oxidation sites excluding steroid dienone is 3. The molecule has 21 heavy (non-hydrogen) atoms. The van der Waals surface area contributed by atoms with Gasteiger partial charge in [0.2, 0.25) is 0 Å². The van der Waals surface area contributed by atoms with Crippen molar-refractivity contribution in [1.29, 1.82) is 0 Å². The highest BCUT2D eigenvalue weighted by atomic mass is 19.4. The van der Waals surface area contributed by atoms with Gasteiger partial charge in [-0.1, -0.05) is 30.9 Å². The minimum Gasteiger partial charge on any atom is -0.364 e. The summed E-state index contributed by atoms with van der Waals surface area (Å²) in [5.74, 6) is 0. The predicted molar refractivity (Wildman–Crippen MR) is 75.3 cm³/mol. The van der Waals surface area contributed by atoms with Gasteiger partial charge in [0.25, 0.3) is 0 Å². The Labute approximate surface area is 120 Å². The largest absolute Gasteiger partial charge is 0.416 e. The third-order valence-electron chi connectivity index (χ3n) is 2.64. The summed E-state index contributed by atoms with van der Waals surface area (Å²) in [7, 11) is 0. The van der Waals surface area contributed by atoms with Crippen molar-refractivity contribution in [3.8, 4) is 0 Å². The Hall–Kier alpha value is -2.05. The number of anilines is 1. The van der Waals surface area contributed by atoms with Crippen LogP contribution >= 0.6 is 0 Å². The molecule has 6 heteroatoms. The zero-order chi connectivity index (χ0) is 16.0. The van der Waals surface area contributed by atoms with E-state index < -0.39 is 18.0 Å².